The molecular formula is C15H26N2. The Labute approximate surface area is 106 Å². The van der Waals surface area contributed by atoms with Gasteiger partial charge in [-0.25, -0.2) is 0 Å². The van der Waals surface area contributed by atoms with E-state index >= 15 is 0 Å². The molecule has 0 bridgehead atoms. The summed E-state index contributed by atoms with van der Waals surface area (Å²) in [6, 6.07) is 2.68. The number of nitrogens with zero attached hydrogens (tertiary/aromatic N) is 1. The molecule has 2 atom stereocenters. The van der Waals surface area contributed by atoms with Crippen LogP contribution in [0, 0.1) is 27.7 Å². The van der Waals surface area contributed by atoms with Gasteiger partial charge in [-0.3, -0.25) is 0 Å². The summed E-state index contributed by atoms with van der Waals surface area (Å²) < 4.78 is 0. The molecule has 2 unspecified atom stereocenters. The van der Waals surface area contributed by atoms with E-state index in [9.17, 15) is 0 Å². The first kappa shape index (κ1) is 14.2. The molecule has 2 nitrogen and oxygen atoms in total. The van der Waals surface area contributed by atoms with Gasteiger partial charge in [-0.1, -0.05) is 6.07 Å². The lowest BCUT2D eigenvalue weighted by Gasteiger charge is -2.32. The molecule has 2 N–H and O–H groups in total. The van der Waals surface area contributed by atoms with Gasteiger partial charge in [-0.05, 0) is 76.5 Å². The first-order valence-electron chi connectivity index (χ1n) is 6.26. The highest BCUT2D eigenvalue weighted by Crippen LogP contribution is 2.31. The summed E-state index contributed by atoms with van der Waals surface area (Å²) >= 11 is 0. The van der Waals surface area contributed by atoms with Gasteiger partial charge in [0.25, 0.3) is 0 Å². The van der Waals surface area contributed by atoms with Crippen LogP contribution >= 0.6 is 0 Å². The Morgan fingerprint density at radius 1 is 1.00 bits per heavy atom. The van der Waals surface area contributed by atoms with Crippen LogP contribution in [0.4, 0.5) is 0 Å². The van der Waals surface area contributed by atoms with Crippen molar-refractivity contribution in [2.24, 2.45) is 5.73 Å². The molecule has 0 aromatic heterocycles. The second kappa shape index (κ2) is 5.19. The van der Waals surface area contributed by atoms with Gasteiger partial charge in [0.1, 0.15) is 0 Å². The van der Waals surface area contributed by atoms with Crippen molar-refractivity contribution < 1.29 is 0 Å². The predicted molar refractivity (Wildman–Crippen MR) is 75.5 cm³/mol. The fourth-order valence-electron chi connectivity index (χ4n) is 2.68. The van der Waals surface area contributed by atoms with E-state index < -0.39 is 0 Å². The van der Waals surface area contributed by atoms with Crippen LogP contribution in [0.5, 0.6) is 0 Å². The molecule has 1 aromatic carbocycles. The summed E-state index contributed by atoms with van der Waals surface area (Å²) in [6.07, 6.45) is 0. The highest BCUT2D eigenvalue weighted by molar-refractivity contribution is 5.46. The van der Waals surface area contributed by atoms with E-state index in [4.69, 9.17) is 5.73 Å². The van der Waals surface area contributed by atoms with Crippen LogP contribution < -0.4 is 5.73 Å². The third-order valence-corrected chi connectivity index (χ3v) is 3.77. The Hall–Kier alpha value is -0.860. The normalized spacial score (nSPS) is 15.1. The molecular weight excluding hydrogens is 208 g/mol. The van der Waals surface area contributed by atoms with Crippen molar-refractivity contribution >= 4 is 0 Å². The summed E-state index contributed by atoms with van der Waals surface area (Å²) in [5, 5.41) is 0. The third-order valence-electron chi connectivity index (χ3n) is 3.77. The lowest BCUT2D eigenvalue weighted by Crippen LogP contribution is -2.36. The van der Waals surface area contributed by atoms with E-state index in [1.165, 1.54) is 27.8 Å². The van der Waals surface area contributed by atoms with Crippen molar-refractivity contribution in [3.05, 3.63) is 33.9 Å². The minimum atomic E-state index is 0.128. The van der Waals surface area contributed by atoms with Gasteiger partial charge in [-0.2, -0.15) is 0 Å². The van der Waals surface area contributed by atoms with Gasteiger partial charge in [-0.15, -0.1) is 0 Å². The van der Waals surface area contributed by atoms with E-state index in [1.54, 1.807) is 0 Å². The molecule has 0 fully saturated rings. The Morgan fingerprint density at radius 3 is 1.71 bits per heavy atom. The second-order valence-electron chi connectivity index (χ2n) is 5.44. The monoisotopic (exact) mass is 234 g/mol. The van der Waals surface area contributed by atoms with Gasteiger partial charge in [0.05, 0.1) is 0 Å². The maximum absolute atomic E-state index is 6.17. The average Bonchev–Trinajstić information content (AvgIpc) is 2.20. The van der Waals surface area contributed by atoms with E-state index in [1.807, 2.05) is 0 Å². The van der Waals surface area contributed by atoms with E-state index in [0.717, 1.165) is 0 Å². The number of rotatable bonds is 3. The number of hydrogen-bond donors (Lipinski definition) is 1. The summed E-state index contributed by atoms with van der Waals surface area (Å²) in [5.74, 6) is 0. The quantitative estimate of drug-likeness (QED) is 0.871. The number of hydrogen-bond acceptors (Lipinski definition) is 2. The fraction of sp³-hybridized carbons (Fsp3) is 0.600. The Balaban J connectivity index is 3.47. The third kappa shape index (κ3) is 2.70. The van der Waals surface area contributed by atoms with Crippen molar-refractivity contribution in [1.29, 1.82) is 0 Å². The van der Waals surface area contributed by atoms with Crippen LogP contribution in [0.3, 0.4) is 0 Å². The summed E-state index contributed by atoms with van der Waals surface area (Å²) in [4.78, 5) is 2.22. The van der Waals surface area contributed by atoms with Crippen LogP contribution in [0.1, 0.15) is 40.8 Å². The molecule has 0 amide bonds. The molecule has 0 saturated carbocycles. The Kier molecular flexibility index (Phi) is 4.34. The number of likely N-dealkylation sites (N-methyl/N-ethyl adjacent to an activating group) is 1. The van der Waals surface area contributed by atoms with Crippen LogP contribution in [-0.2, 0) is 0 Å². The predicted octanol–water partition coefficient (Wildman–Crippen LogP) is 2.87. The highest BCUT2D eigenvalue weighted by Gasteiger charge is 2.23. The standard InChI is InChI=1S/C15H26N2/c1-9-8-10(2)12(4)14(11(9)3)15(13(5)16)17(6)7/h8,13,15H,16H2,1-7H3. The zero-order chi connectivity index (χ0) is 13.3. The summed E-state index contributed by atoms with van der Waals surface area (Å²) in [5.41, 5.74) is 13.0. The lowest BCUT2D eigenvalue weighted by molar-refractivity contribution is 0.264. The van der Waals surface area contributed by atoms with Crippen LogP contribution in [0.15, 0.2) is 6.07 Å². The van der Waals surface area contributed by atoms with E-state index in [2.05, 4.69) is 59.7 Å². The van der Waals surface area contributed by atoms with Gasteiger partial charge in [0.15, 0.2) is 0 Å². The van der Waals surface area contributed by atoms with Crippen LogP contribution in [0.25, 0.3) is 0 Å². The van der Waals surface area contributed by atoms with E-state index in [0.29, 0.717) is 0 Å². The molecule has 2 heteroatoms. The number of nitrogens with two attached hydrogens (primary N) is 1. The molecule has 96 valence electrons. The van der Waals surface area contributed by atoms with Crippen LogP contribution in [-0.4, -0.2) is 25.0 Å². The molecule has 0 heterocycles. The molecule has 0 spiro atoms. The van der Waals surface area contributed by atoms with Crippen molar-refractivity contribution in [1.82, 2.24) is 4.90 Å². The molecule has 0 radical (unpaired) electrons. The van der Waals surface area contributed by atoms with Crippen molar-refractivity contribution in [2.45, 2.75) is 46.7 Å². The minimum Gasteiger partial charge on any atom is -0.326 e. The maximum Gasteiger partial charge on any atom is 0.0496 e. The maximum atomic E-state index is 6.17. The molecule has 1 rings (SSSR count). The lowest BCUT2D eigenvalue weighted by atomic mass is 9.87. The SMILES string of the molecule is Cc1cc(C)c(C)c(C(C(C)N)N(C)C)c1C. The largest absolute Gasteiger partial charge is 0.326 e. The molecule has 0 aliphatic rings. The topological polar surface area (TPSA) is 29.3 Å². The molecule has 0 aliphatic heterocycles. The molecule has 17 heavy (non-hydrogen) atoms. The van der Waals surface area contributed by atoms with Crippen molar-refractivity contribution in [2.75, 3.05) is 14.1 Å². The fourth-order valence-corrected chi connectivity index (χ4v) is 2.68. The van der Waals surface area contributed by atoms with Gasteiger partial charge >= 0.3 is 0 Å². The smallest absolute Gasteiger partial charge is 0.0496 e. The molecule has 0 saturated heterocycles. The van der Waals surface area contributed by atoms with Gasteiger partial charge < -0.3 is 10.6 Å². The molecule has 0 aliphatic carbocycles. The van der Waals surface area contributed by atoms with Gasteiger partial charge in [0, 0.05) is 12.1 Å². The zero-order valence-electron chi connectivity index (χ0n) is 12.3. The number of aryl methyl sites for hydroxylation is 2. The zero-order valence-corrected chi connectivity index (χ0v) is 12.3. The summed E-state index contributed by atoms with van der Waals surface area (Å²) in [6.45, 7) is 10.9. The minimum absolute atomic E-state index is 0.128. The van der Waals surface area contributed by atoms with Crippen molar-refractivity contribution in [3.8, 4) is 0 Å². The summed E-state index contributed by atoms with van der Waals surface area (Å²) in [7, 11) is 4.20. The highest BCUT2D eigenvalue weighted by atomic mass is 15.1. The Bertz CT molecular complexity index is 372. The first-order chi connectivity index (χ1) is 7.77. The molecule has 1 aromatic rings. The first-order valence-corrected chi connectivity index (χ1v) is 6.26. The van der Waals surface area contributed by atoms with Gasteiger partial charge in [0.2, 0.25) is 0 Å². The van der Waals surface area contributed by atoms with Crippen LogP contribution in [0.2, 0.25) is 0 Å². The Morgan fingerprint density at radius 2 is 1.41 bits per heavy atom. The van der Waals surface area contributed by atoms with Crippen molar-refractivity contribution in [3.63, 3.8) is 0 Å². The average molecular weight is 234 g/mol. The second-order valence-corrected chi connectivity index (χ2v) is 5.44. The number of benzene rings is 1. The van der Waals surface area contributed by atoms with E-state index in [-0.39, 0.29) is 12.1 Å².